The van der Waals surface area contributed by atoms with Gasteiger partial charge in [0.2, 0.25) is 0 Å². The van der Waals surface area contributed by atoms with Gasteiger partial charge in [-0.15, -0.1) is 0 Å². The first kappa shape index (κ1) is 11.6. The minimum atomic E-state index is -0.164. The highest BCUT2D eigenvalue weighted by Crippen LogP contribution is 2.23. The van der Waals surface area contributed by atoms with E-state index in [-0.39, 0.29) is 11.5 Å². The van der Waals surface area contributed by atoms with Crippen LogP contribution in [0.1, 0.15) is 31.1 Å². The second-order valence-corrected chi connectivity index (χ2v) is 3.94. The van der Waals surface area contributed by atoms with Crippen LogP contribution in [0.2, 0.25) is 0 Å². The summed E-state index contributed by atoms with van der Waals surface area (Å²) in [6.07, 6.45) is 0. The Balaban J connectivity index is 2.83. The Morgan fingerprint density at radius 1 is 1.47 bits per heavy atom. The highest BCUT2D eigenvalue weighted by atomic mass is 16.5. The first-order valence-corrected chi connectivity index (χ1v) is 4.97. The molecule has 0 spiro atoms. The lowest BCUT2D eigenvalue weighted by Crippen LogP contribution is -2.05. The summed E-state index contributed by atoms with van der Waals surface area (Å²) in [4.78, 5) is 11.1. The van der Waals surface area contributed by atoms with Crippen LogP contribution in [0.4, 0.5) is 0 Å². The van der Waals surface area contributed by atoms with E-state index >= 15 is 0 Å². The van der Waals surface area contributed by atoms with Crippen LogP contribution in [-0.4, -0.2) is 17.5 Å². The molecule has 0 bridgehead atoms. The number of aromatic hydroxyl groups is 1. The van der Waals surface area contributed by atoms with Gasteiger partial charge in [-0.3, -0.25) is 4.79 Å². The van der Waals surface area contributed by atoms with Gasteiger partial charge in [-0.25, -0.2) is 0 Å². The summed E-state index contributed by atoms with van der Waals surface area (Å²) in [5, 5.41) is 9.41. The molecule has 0 aliphatic heterocycles. The molecule has 15 heavy (non-hydrogen) atoms. The van der Waals surface area contributed by atoms with Crippen LogP contribution in [0.25, 0.3) is 0 Å². The molecule has 0 saturated carbocycles. The predicted octanol–water partition coefficient (Wildman–Crippen LogP) is 2.63. The van der Waals surface area contributed by atoms with E-state index in [0.29, 0.717) is 23.8 Å². The standard InChI is InChI=1S/C12H16O3/c1-8(2)7-15-10-4-5-12(14)11(6-10)9(3)13/h4-6,8,14H,7H2,1-3H3. The van der Waals surface area contributed by atoms with Gasteiger partial charge >= 0.3 is 0 Å². The number of phenols is 1. The third kappa shape index (κ3) is 3.27. The molecule has 82 valence electrons. The van der Waals surface area contributed by atoms with Gasteiger partial charge in [0.1, 0.15) is 11.5 Å². The van der Waals surface area contributed by atoms with Crippen LogP contribution in [0.5, 0.6) is 11.5 Å². The molecule has 3 nitrogen and oxygen atoms in total. The number of benzene rings is 1. The van der Waals surface area contributed by atoms with Crippen LogP contribution in [0.3, 0.4) is 0 Å². The third-order valence-electron chi connectivity index (χ3n) is 1.93. The highest BCUT2D eigenvalue weighted by molar-refractivity contribution is 5.97. The van der Waals surface area contributed by atoms with E-state index in [1.807, 2.05) is 13.8 Å². The van der Waals surface area contributed by atoms with Gasteiger partial charge in [-0.05, 0) is 31.0 Å². The number of ketones is 1. The molecule has 0 aromatic heterocycles. The van der Waals surface area contributed by atoms with Crippen molar-refractivity contribution in [1.82, 2.24) is 0 Å². The second kappa shape index (κ2) is 4.82. The van der Waals surface area contributed by atoms with Crippen LogP contribution in [-0.2, 0) is 0 Å². The van der Waals surface area contributed by atoms with E-state index in [2.05, 4.69) is 0 Å². The summed E-state index contributed by atoms with van der Waals surface area (Å²) in [5.74, 6) is 0.883. The number of Topliss-reactive ketones (excluding diaryl/α,β-unsaturated/α-hetero) is 1. The van der Waals surface area contributed by atoms with Gasteiger partial charge in [-0.1, -0.05) is 13.8 Å². The van der Waals surface area contributed by atoms with Gasteiger partial charge in [0.15, 0.2) is 5.78 Å². The summed E-state index contributed by atoms with van der Waals surface area (Å²) in [6.45, 7) is 6.11. The molecular weight excluding hydrogens is 192 g/mol. The van der Waals surface area contributed by atoms with Crippen LogP contribution >= 0.6 is 0 Å². The lowest BCUT2D eigenvalue weighted by molar-refractivity contribution is 0.101. The molecule has 0 heterocycles. The molecular formula is C12H16O3. The van der Waals surface area contributed by atoms with Crippen molar-refractivity contribution in [3.8, 4) is 11.5 Å². The fourth-order valence-electron chi connectivity index (χ4n) is 1.15. The molecule has 1 aromatic rings. The number of rotatable bonds is 4. The first-order valence-electron chi connectivity index (χ1n) is 4.97. The minimum absolute atomic E-state index is 0.000558. The molecule has 1 rings (SSSR count). The number of carbonyl (C=O) groups is 1. The smallest absolute Gasteiger partial charge is 0.163 e. The maximum atomic E-state index is 11.1. The van der Waals surface area contributed by atoms with Gasteiger partial charge in [-0.2, -0.15) is 0 Å². The number of hydrogen-bond donors (Lipinski definition) is 1. The predicted molar refractivity (Wildman–Crippen MR) is 58.4 cm³/mol. The lowest BCUT2D eigenvalue weighted by atomic mass is 10.1. The van der Waals surface area contributed by atoms with Crippen molar-refractivity contribution in [2.45, 2.75) is 20.8 Å². The maximum absolute atomic E-state index is 11.1. The first-order chi connectivity index (χ1) is 7.00. The van der Waals surface area contributed by atoms with Crippen molar-refractivity contribution >= 4 is 5.78 Å². The summed E-state index contributed by atoms with van der Waals surface area (Å²) in [7, 11) is 0. The van der Waals surface area contributed by atoms with E-state index in [9.17, 15) is 9.90 Å². The Morgan fingerprint density at radius 2 is 2.13 bits per heavy atom. The summed E-state index contributed by atoms with van der Waals surface area (Å²) >= 11 is 0. The molecule has 3 heteroatoms. The topological polar surface area (TPSA) is 46.5 Å². The monoisotopic (exact) mass is 208 g/mol. The average Bonchev–Trinajstić information content (AvgIpc) is 2.16. The largest absolute Gasteiger partial charge is 0.507 e. The molecule has 0 fully saturated rings. The van der Waals surface area contributed by atoms with E-state index < -0.39 is 0 Å². The van der Waals surface area contributed by atoms with Crippen molar-refractivity contribution in [2.24, 2.45) is 5.92 Å². The SMILES string of the molecule is CC(=O)c1cc(OCC(C)C)ccc1O. The molecule has 0 atom stereocenters. The molecule has 1 aromatic carbocycles. The van der Waals surface area contributed by atoms with Gasteiger partial charge in [0.25, 0.3) is 0 Å². The highest BCUT2D eigenvalue weighted by Gasteiger charge is 2.08. The van der Waals surface area contributed by atoms with Gasteiger partial charge in [0, 0.05) is 0 Å². The zero-order valence-electron chi connectivity index (χ0n) is 9.28. The number of ether oxygens (including phenoxy) is 1. The van der Waals surface area contributed by atoms with Crippen molar-refractivity contribution in [1.29, 1.82) is 0 Å². The Bertz CT molecular complexity index is 356. The molecule has 0 aliphatic carbocycles. The third-order valence-corrected chi connectivity index (χ3v) is 1.93. The summed E-state index contributed by atoms with van der Waals surface area (Å²) in [5.41, 5.74) is 0.302. The number of phenolic OH excluding ortho intramolecular Hbond substituents is 1. The lowest BCUT2D eigenvalue weighted by Gasteiger charge is -2.09. The van der Waals surface area contributed by atoms with E-state index in [0.717, 1.165) is 0 Å². The van der Waals surface area contributed by atoms with Crippen LogP contribution in [0.15, 0.2) is 18.2 Å². The number of carbonyl (C=O) groups excluding carboxylic acids is 1. The summed E-state index contributed by atoms with van der Waals surface area (Å²) in [6, 6.07) is 4.70. The van der Waals surface area contributed by atoms with Crippen molar-refractivity contribution in [2.75, 3.05) is 6.61 Å². The Hall–Kier alpha value is -1.51. The van der Waals surface area contributed by atoms with Gasteiger partial charge < -0.3 is 9.84 Å². The van der Waals surface area contributed by atoms with Crippen molar-refractivity contribution in [3.05, 3.63) is 23.8 Å². The zero-order valence-corrected chi connectivity index (χ0v) is 9.28. The normalized spacial score (nSPS) is 10.4. The van der Waals surface area contributed by atoms with E-state index in [1.165, 1.54) is 13.0 Å². The fourth-order valence-corrected chi connectivity index (χ4v) is 1.15. The fraction of sp³-hybridized carbons (Fsp3) is 0.417. The molecule has 0 radical (unpaired) electrons. The molecule has 0 amide bonds. The Kier molecular flexibility index (Phi) is 3.72. The Morgan fingerprint density at radius 3 is 2.67 bits per heavy atom. The molecule has 1 N–H and O–H groups in total. The average molecular weight is 208 g/mol. The van der Waals surface area contributed by atoms with Crippen molar-refractivity contribution in [3.63, 3.8) is 0 Å². The second-order valence-electron chi connectivity index (χ2n) is 3.94. The Labute approximate surface area is 89.7 Å². The molecule has 0 saturated heterocycles. The summed E-state index contributed by atoms with van der Waals surface area (Å²) < 4.78 is 5.45. The van der Waals surface area contributed by atoms with Crippen LogP contribution in [0, 0.1) is 5.92 Å². The quantitative estimate of drug-likeness (QED) is 0.774. The molecule has 0 aliphatic rings. The van der Waals surface area contributed by atoms with E-state index in [4.69, 9.17) is 4.74 Å². The van der Waals surface area contributed by atoms with Gasteiger partial charge in [0.05, 0.1) is 12.2 Å². The molecule has 0 unspecified atom stereocenters. The minimum Gasteiger partial charge on any atom is -0.507 e. The van der Waals surface area contributed by atoms with Crippen LogP contribution < -0.4 is 4.74 Å². The van der Waals surface area contributed by atoms with E-state index in [1.54, 1.807) is 12.1 Å². The number of hydrogen-bond acceptors (Lipinski definition) is 3. The van der Waals surface area contributed by atoms with Crippen molar-refractivity contribution < 1.29 is 14.6 Å². The maximum Gasteiger partial charge on any atom is 0.163 e. The zero-order chi connectivity index (χ0) is 11.4.